The van der Waals surface area contributed by atoms with Crippen LogP contribution >= 0.6 is 0 Å². The number of benzene rings is 1. The normalized spacial score (nSPS) is 23.0. The van der Waals surface area contributed by atoms with Gasteiger partial charge in [-0.15, -0.1) is 0 Å². The summed E-state index contributed by atoms with van der Waals surface area (Å²) in [5.74, 6) is 1.76. The van der Waals surface area contributed by atoms with E-state index in [1.807, 2.05) is 18.2 Å². The van der Waals surface area contributed by atoms with Crippen LogP contribution in [0, 0.1) is 0 Å². The molecule has 102 valence electrons. The molecule has 2 N–H and O–H groups in total. The van der Waals surface area contributed by atoms with Crippen LogP contribution in [-0.4, -0.2) is 25.3 Å². The van der Waals surface area contributed by atoms with Crippen molar-refractivity contribution in [3.63, 3.8) is 0 Å². The lowest BCUT2D eigenvalue weighted by atomic mass is 10.0. The highest BCUT2D eigenvalue weighted by Crippen LogP contribution is 2.34. The van der Waals surface area contributed by atoms with Gasteiger partial charge in [-0.2, -0.15) is 0 Å². The average Bonchev–Trinajstić information content (AvgIpc) is 2.88. The second-order valence-corrected chi connectivity index (χ2v) is 5.04. The van der Waals surface area contributed by atoms with Crippen molar-refractivity contribution in [2.75, 3.05) is 13.3 Å². The maximum atomic E-state index is 11.1. The molecule has 1 saturated heterocycles. The van der Waals surface area contributed by atoms with Crippen LogP contribution in [0.15, 0.2) is 18.2 Å². The number of nitrogens with one attached hydrogen (secondary N) is 2. The van der Waals surface area contributed by atoms with Crippen molar-refractivity contribution in [1.82, 2.24) is 10.6 Å². The number of amides is 1. The first-order valence-electron chi connectivity index (χ1n) is 6.64. The molecule has 3 rings (SSSR count). The summed E-state index contributed by atoms with van der Waals surface area (Å²) >= 11 is 0. The lowest BCUT2D eigenvalue weighted by Crippen LogP contribution is -2.46. The van der Waals surface area contributed by atoms with Gasteiger partial charge in [0.15, 0.2) is 11.5 Å². The molecule has 2 unspecified atom stereocenters. The number of carbonyl (C=O) groups is 1. The van der Waals surface area contributed by atoms with Crippen molar-refractivity contribution in [2.45, 2.75) is 31.8 Å². The van der Waals surface area contributed by atoms with E-state index >= 15 is 0 Å². The summed E-state index contributed by atoms with van der Waals surface area (Å²) in [6.45, 7) is 3.12. The topological polar surface area (TPSA) is 59.6 Å². The highest BCUT2D eigenvalue weighted by Gasteiger charge is 2.21. The molecule has 0 radical (unpaired) electrons. The molecular formula is C14H18N2O3. The summed E-state index contributed by atoms with van der Waals surface area (Å²) in [4.78, 5) is 11.1. The molecule has 0 aliphatic carbocycles. The Kier molecular flexibility index (Phi) is 3.29. The molecule has 0 aromatic heterocycles. The molecule has 1 aromatic rings. The minimum Gasteiger partial charge on any atom is -0.454 e. The molecule has 2 aliphatic heterocycles. The Labute approximate surface area is 112 Å². The predicted octanol–water partition coefficient (Wildman–Crippen LogP) is 1.34. The molecule has 2 heterocycles. The third-order valence-electron chi connectivity index (χ3n) is 3.65. The number of hydrogen-bond acceptors (Lipinski definition) is 4. The van der Waals surface area contributed by atoms with E-state index in [0.717, 1.165) is 17.9 Å². The fourth-order valence-corrected chi connectivity index (χ4v) is 2.51. The molecule has 2 atom stereocenters. The average molecular weight is 262 g/mol. The first kappa shape index (κ1) is 12.3. The SMILES string of the molecule is CC(NC1CCC(=O)NC1)c1ccc2c(c1)OCO2. The summed E-state index contributed by atoms with van der Waals surface area (Å²) in [6, 6.07) is 6.56. The first-order valence-corrected chi connectivity index (χ1v) is 6.64. The van der Waals surface area contributed by atoms with Crippen molar-refractivity contribution in [3.05, 3.63) is 23.8 Å². The number of hydrogen-bond donors (Lipinski definition) is 2. The molecule has 0 bridgehead atoms. The minimum absolute atomic E-state index is 0.147. The minimum atomic E-state index is 0.147. The molecule has 1 fully saturated rings. The molecule has 5 heteroatoms. The molecule has 0 saturated carbocycles. The Bertz CT molecular complexity index is 480. The highest BCUT2D eigenvalue weighted by molar-refractivity contribution is 5.76. The van der Waals surface area contributed by atoms with Crippen LogP contribution in [-0.2, 0) is 4.79 Å². The van der Waals surface area contributed by atoms with E-state index in [1.54, 1.807) is 0 Å². The zero-order chi connectivity index (χ0) is 13.2. The van der Waals surface area contributed by atoms with E-state index in [1.165, 1.54) is 5.56 Å². The van der Waals surface area contributed by atoms with Gasteiger partial charge >= 0.3 is 0 Å². The Morgan fingerprint density at radius 1 is 1.37 bits per heavy atom. The van der Waals surface area contributed by atoms with Crippen molar-refractivity contribution in [2.24, 2.45) is 0 Å². The lowest BCUT2D eigenvalue weighted by molar-refractivity contribution is -0.122. The van der Waals surface area contributed by atoms with Gasteiger partial charge in [-0.25, -0.2) is 0 Å². The number of rotatable bonds is 3. The van der Waals surface area contributed by atoms with E-state index < -0.39 is 0 Å². The maximum absolute atomic E-state index is 11.1. The lowest BCUT2D eigenvalue weighted by Gasteiger charge is -2.27. The molecule has 19 heavy (non-hydrogen) atoms. The van der Waals surface area contributed by atoms with Crippen LogP contribution < -0.4 is 20.1 Å². The van der Waals surface area contributed by atoms with Crippen molar-refractivity contribution < 1.29 is 14.3 Å². The van der Waals surface area contributed by atoms with Crippen LogP contribution in [0.25, 0.3) is 0 Å². The van der Waals surface area contributed by atoms with E-state index in [0.29, 0.717) is 25.8 Å². The predicted molar refractivity (Wildman–Crippen MR) is 70.1 cm³/mol. The molecule has 2 aliphatic rings. The Morgan fingerprint density at radius 2 is 2.21 bits per heavy atom. The van der Waals surface area contributed by atoms with Gasteiger partial charge in [0.1, 0.15) is 0 Å². The standard InChI is InChI=1S/C14H18N2O3/c1-9(16-11-3-5-14(17)15-7-11)10-2-4-12-13(6-10)19-8-18-12/h2,4,6,9,11,16H,3,5,7-8H2,1H3,(H,15,17). The first-order chi connectivity index (χ1) is 9.22. The van der Waals surface area contributed by atoms with Gasteiger partial charge in [0.25, 0.3) is 0 Å². The summed E-state index contributed by atoms with van der Waals surface area (Å²) in [5, 5.41) is 6.42. The monoisotopic (exact) mass is 262 g/mol. The number of fused-ring (bicyclic) bond motifs is 1. The van der Waals surface area contributed by atoms with Gasteiger partial charge in [-0.05, 0) is 31.0 Å². The zero-order valence-electron chi connectivity index (χ0n) is 10.9. The van der Waals surface area contributed by atoms with Crippen LogP contribution in [0.4, 0.5) is 0 Å². The van der Waals surface area contributed by atoms with Gasteiger partial charge < -0.3 is 20.1 Å². The molecular weight excluding hydrogens is 244 g/mol. The van der Waals surface area contributed by atoms with E-state index in [4.69, 9.17) is 9.47 Å². The maximum Gasteiger partial charge on any atom is 0.231 e. The zero-order valence-corrected chi connectivity index (χ0v) is 10.9. The van der Waals surface area contributed by atoms with Gasteiger partial charge in [0.05, 0.1) is 0 Å². The van der Waals surface area contributed by atoms with Gasteiger partial charge in [-0.1, -0.05) is 6.07 Å². The smallest absolute Gasteiger partial charge is 0.231 e. The van der Waals surface area contributed by atoms with Crippen LogP contribution in [0.3, 0.4) is 0 Å². The number of carbonyl (C=O) groups excluding carboxylic acids is 1. The second-order valence-electron chi connectivity index (χ2n) is 5.04. The quantitative estimate of drug-likeness (QED) is 0.863. The second kappa shape index (κ2) is 5.09. The van der Waals surface area contributed by atoms with Gasteiger partial charge in [0, 0.05) is 25.0 Å². The van der Waals surface area contributed by atoms with Gasteiger partial charge in [-0.3, -0.25) is 4.79 Å². The molecule has 0 spiro atoms. The number of piperidine rings is 1. The summed E-state index contributed by atoms with van der Waals surface area (Å²) in [5.41, 5.74) is 1.17. The van der Waals surface area contributed by atoms with Crippen molar-refractivity contribution >= 4 is 5.91 Å². The van der Waals surface area contributed by atoms with Crippen LogP contribution in [0.5, 0.6) is 11.5 Å². The van der Waals surface area contributed by atoms with E-state index in [-0.39, 0.29) is 11.9 Å². The molecule has 1 amide bonds. The third kappa shape index (κ3) is 2.66. The largest absolute Gasteiger partial charge is 0.454 e. The Hall–Kier alpha value is -1.75. The van der Waals surface area contributed by atoms with Gasteiger partial charge in [0.2, 0.25) is 12.7 Å². The summed E-state index contributed by atoms with van der Waals surface area (Å²) < 4.78 is 10.7. The fourth-order valence-electron chi connectivity index (χ4n) is 2.51. The van der Waals surface area contributed by atoms with Crippen molar-refractivity contribution in [1.29, 1.82) is 0 Å². The van der Waals surface area contributed by atoms with Crippen LogP contribution in [0.1, 0.15) is 31.4 Å². The molecule has 1 aromatic carbocycles. The highest BCUT2D eigenvalue weighted by atomic mass is 16.7. The fraction of sp³-hybridized carbons (Fsp3) is 0.500. The van der Waals surface area contributed by atoms with Crippen LogP contribution in [0.2, 0.25) is 0 Å². The molecule has 5 nitrogen and oxygen atoms in total. The number of ether oxygens (including phenoxy) is 2. The Balaban J connectivity index is 1.63. The third-order valence-corrected chi connectivity index (χ3v) is 3.65. The van der Waals surface area contributed by atoms with Crippen molar-refractivity contribution in [3.8, 4) is 11.5 Å². The van der Waals surface area contributed by atoms with E-state index in [2.05, 4.69) is 17.6 Å². The Morgan fingerprint density at radius 3 is 3.00 bits per heavy atom. The summed E-state index contributed by atoms with van der Waals surface area (Å²) in [6.07, 6.45) is 1.49. The van der Waals surface area contributed by atoms with E-state index in [9.17, 15) is 4.79 Å². The summed E-state index contributed by atoms with van der Waals surface area (Å²) in [7, 11) is 0.